The van der Waals surface area contributed by atoms with Crippen LogP contribution < -0.4 is 10.2 Å². The van der Waals surface area contributed by atoms with E-state index in [2.05, 4.69) is 44.2 Å². The molecular weight excluding hydrogens is 416 g/mol. The zero-order chi connectivity index (χ0) is 19.8. The lowest BCUT2D eigenvalue weighted by atomic mass is 10.1. The average Bonchev–Trinajstić information content (AvgIpc) is 2.95. The second-order valence-corrected chi connectivity index (χ2v) is 8.09. The number of anilines is 3. The van der Waals surface area contributed by atoms with Crippen molar-refractivity contribution >= 4 is 39.2 Å². The fourth-order valence-corrected chi connectivity index (χ4v) is 4.06. The Morgan fingerprint density at radius 2 is 1.75 bits per heavy atom. The highest BCUT2D eigenvalue weighted by atomic mass is 79.9. The molecule has 0 bridgehead atoms. The van der Waals surface area contributed by atoms with Gasteiger partial charge in [-0.1, -0.05) is 15.9 Å². The van der Waals surface area contributed by atoms with Crippen LogP contribution in [0.5, 0.6) is 0 Å². The number of fused-ring (bicyclic) bond motifs is 1. The largest absolute Gasteiger partial charge is 0.324 e. The second kappa shape index (κ2) is 7.36. The Morgan fingerprint density at radius 3 is 2.43 bits per heavy atom. The zero-order valence-corrected chi connectivity index (χ0v) is 17.6. The lowest BCUT2D eigenvalue weighted by Gasteiger charge is -2.23. The van der Waals surface area contributed by atoms with Crippen LogP contribution in [0.2, 0.25) is 0 Å². The topological polar surface area (TPSA) is 58.1 Å². The highest BCUT2D eigenvalue weighted by Crippen LogP contribution is 2.35. The maximum Gasteiger partial charge on any atom is 0.258 e. The first-order valence-electron chi connectivity index (χ1n) is 9.22. The summed E-state index contributed by atoms with van der Waals surface area (Å²) in [5, 5.41) is 3.20. The molecule has 3 aromatic rings. The van der Waals surface area contributed by atoms with Crippen LogP contribution in [0.3, 0.4) is 0 Å². The second-order valence-electron chi connectivity index (χ2n) is 7.18. The first kappa shape index (κ1) is 18.6. The third kappa shape index (κ3) is 3.64. The lowest BCUT2D eigenvalue weighted by Crippen LogP contribution is -2.35. The third-order valence-electron chi connectivity index (χ3n) is 4.85. The van der Waals surface area contributed by atoms with Crippen LogP contribution in [-0.2, 0) is 6.42 Å². The van der Waals surface area contributed by atoms with E-state index < -0.39 is 0 Å². The van der Waals surface area contributed by atoms with Crippen molar-refractivity contribution in [3.63, 3.8) is 0 Å². The molecule has 0 spiro atoms. The summed E-state index contributed by atoms with van der Waals surface area (Å²) in [6, 6.07) is 15.6. The molecule has 1 aliphatic heterocycles. The summed E-state index contributed by atoms with van der Waals surface area (Å²) in [5.74, 6) is 0.576. The van der Waals surface area contributed by atoms with Crippen molar-refractivity contribution in [1.82, 2.24) is 9.97 Å². The van der Waals surface area contributed by atoms with E-state index in [-0.39, 0.29) is 11.9 Å². The fourth-order valence-electron chi connectivity index (χ4n) is 3.66. The predicted molar refractivity (Wildman–Crippen MR) is 115 cm³/mol. The number of amides is 1. The quantitative estimate of drug-likeness (QED) is 0.613. The van der Waals surface area contributed by atoms with Gasteiger partial charge in [0, 0.05) is 38.8 Å². The van der Waals surface area contributed by atoms with E-state index in [9.17, 15) is 4.79 Å². The maximum absolute atomic E-state index is 13.1. The minimum Gasteiger partial charge on any atom is -0.324 e. The number of rotatable bonds is 3. The van der Waals surface area contributed by atoms with Gasteiger partial charge in [0.15, 0.2) is 0 Å². The Balaban J connectivity index is 1.55. The summed E-state index contributed by atoms with van der Waals surface area (Å²) in [4.78, 5) is 23.8. The molecule has 1 N–H and O–H groups in total. The lowest BCUT2D eigenvalue weighted by molar-refractivity contribution is 0.0981. The Bertz CT molecular complexity index is 1030. The van der Waals surface area contributed by atoms with E-state index in [1.807, 2.05) is 61.2 Å². The average molecular weight is 437 g/mol. The van der Waals surface area contributed by atoms with Crippen molar-refractivity contribution < 1.29 is 4.79 Å². The smallest absolute Gasteiger partial charge is 0.258 e. The van der Waals surface area contributed by atoms with Crippen LogP contribution in [0.25, 0.3) is 0 Å². The van der Waals surface area contributed by atoms with Gasteiger partial charge in [-0.2, -0.15) is 0 Å². The van der Waals surface area contributed by atoms with Gasteiger partial charge in [-0.3, -0.25) is 4.79 Å². The van der Waals surface area contributed by atoms with Crippen molar-refractivity contribution in [3.8, 4) is 0 Å². The molecule has 1 amide bonds. The van der Waals surface area contributed by atoms with Crippen LogP contribution in [0.1, 0.15) is 34.2 Å². The van der Waals surface area contributed by atoms with Crippen LogP contribution in [0, 0.1) is 13.8 Å². The van der Waals surface area contributed by atoms with E-state index in [4.69, 9.17) is 0 Å². The van der Waals surface area contributed by atoms with Crippen LogP contribution in [0.15, 0.2) is 53.0 Å². The van der Waals surface area contributed by atoms with E-state index in [0.29, 0.717) is 11.5 Å². The summed E-state index contributed by atoms with van der Waals surface area (Å²) in [6.45, 7) is 5.96. The Labute approximate surface area is 173 Å². The molecule has 0 saturated carbocycles. The summed E-state index contributed by atoms with van der Waals surface area (Å²) in [7, 11) is 0. The standard InChI is InChI=1S/C22H21BrN4O/c1-13-10-14(2)25-22(24-13)26-19-7-4-16(5-8-19)21(28)27-15(3)11-17-12-18(23)6-9-20(17)27/h4-10,12,15H,11H2,1-3H3,(H,24,25,26)/t15-/m1/s1. The molecule has 0 saturated heterocycles. The molecule has 0 aliphatic carbocycles. The molecule has 5 nitrogen and oxygen atoms in total. The molecule has 142 valence electrons. The highest BCUT2D eigenvalue weighted by molar-refractivity contribution is 9.10. The predicted octanol–water partition coefficient (Wildman–Crippen LogP) is 5.19. The van der Waals surface area contributed by atoms with E-state index in [1.54, 1.807) is 0 Å². The van der Waals surface area contributed by atoms with E-state index in [0.717, 1.165) is 33.7 Å². The van der Waals surface area contributed by atoms with Gasteiger partial charge in [0.2, 0.25) is 5.95 Å². The maximum atomic E-state index is 13.1. The molecule has 1 aromatic heterocycles. The molecule has 1 atom stereocenters. The normalized spacial score (nSPS) is 15.4. The number of hydrogen-bond acceptors (Lipinski definition) is 4. The zero-order valence-electron chi connectivity index (χ0n) is 16.0. The molecule has 0 radical (unpaired) electrons. The molecule has 0 fully saturated rings. The minimum absolute atomic E-state index is 0.0165. The van der Waals surface area contributed by atoms with Gasteiger partial charge in [0.25, 0.3) is 5.91 Å². The molecule has 2 aromatic carbocycles. The SMILES string of the molecule is Cc1cc(C)nc(Nc2ccc(C(=O)N3c4ccc(Br)cc4C[C@H]3C)cc2)n1. The molecule has 4 rings (SSSR count). The number of carbonyl (C=O) groups is 1. The first-order chi connectivity index (χ1) is 13.4. The van der Waals surface area contributed by atoms with Gasteiger partial charge in [0.05, 0.1) is 0 Å². The van der Waals surface area contributed by atoms with Gasteiger partial charge in [-0.25, -0.2) is 9.97 Å². The highest BCUT2D eigenvalue weighted by Gasteiger charge is 2.31. The summed E-state index contributed by atoms with van der Waals surface area (Å²) in [6.07, 6.45) is 0.865. The molecule has 6 heteroatoms. The van der Waals surface area contributed by atoms with Crippen LogP contribution in [-0.4, -0.2) is 21.9 Å². The van der Waals surface area contributed by atoms with Crippen molar-refractivity contribution in [2.45, 2.75) is 33.2 Å². The molecule has 0 unspecified atom stereocenters. The number of aromatic nitrogens is 2. The number of nitrogens with one attached hydrogen (secondary N) is 1. The Morgan fingerprint density at radius 1 is 1.07 bits per heavy atom. The van der Waals surface area contributed by atoms with Crippen molar-refractivity contribution in [2.75, 3.05) is 10.2 Å². The van der Waals surface area contributed by atoms with Gasteiger partial charge >= 0.3 is 0 Å². The van der Waals surface area contributed by atoms with Crippen molar-refractivity contribution in [2.24, 2.45) is 0 Å². The number of hydrogen-bond donors (Lipinski definition) is 1. The Kier molecular flexibility index (Phi) is 4.89. The summed E-state index contributed by atoms with van der Waals surface area (Å²) < 4.78 is 1.04. The number of nitrogens with zero attached hydrogens (tertiary/aromatic N) is 3. The summed E-state index contributed by atoms with van der Waals surface area (Å²) >= 11 is 3.51. The van der Waals surface area contributed by atoms with Crippen LogP contribution >= 0.6 is 15.9 Å². The van der Waals surface area contributed by atoms with Crippen molar-refractivity contribution in [3.05, 3.63) is 75.5 Å². The molecule has 28 heavy (non-hydrogen) atoms. The number of carbonyl (C=O) groups excluding carboxylic acids is 1. The molecule has 2 heterocycles. The van der Waals surface area contributed by atoms with Crippen LogP contribution in [0.4, 0.5) is 17.3 Å². The monoisotopic (exact) mass is 436 g/mol. The number of halogens is 1. The minimum atomic E-state index is 0.0165. The molecule has 1 aliphatic rings. The third-order valence-corrected chi connectivity index (χ3v) is 5.34. The fraction of sp³-hybridized carbons (Fsp3) is 0.227. The van der Waals surface area contributed by atoms with Gasteiger partial charge < -0.3 is 10.2 Å². The van der Waals surface area contributed by atoms with E-state index >= 15 is 0 Å². The Hall–Kier alpha value is -2.73. The van der Waals surface area contributed by atoms with E-state index in [1.165, 1.54) is 5.56 Å². The number of benzene rings is 2. The summed E-state index contributed by atoms with van der Waals surface area (Å²) in [5.41, 5.74) is 5.52. The number of aryl methyl sites for hydroxylation is 2. The van der Waals surface area contributed by atoms with Gasteiger partial charge in [-0.15, -0.1) is 0 Å². The van der Waals surface area contributed by atoms with Crippen molar-refractivity contribution in [1.29, 1.82) is 0 Å². The molecular formula is C22H21BrN4O. The van der Waals surface area contributed by atoms with Gasteiger partial charge in [0.1, 0.15) is 0 Å². The van der Waals surface area contributed by atoms with Gasteiger partial charge in [-0.05, 0) is 81.3 Å². The first-order valence-corrected chi connectivity index (χ1v) is 10.0.